The minimum absolute atomic E-state index is 0.567. The van der Waals surface area contributed by atoms with E-state index >= 15 is 0 Å². The van der Waals surface area contributed by atoms with Crippen LogP contribution < -0.4 is 0 Å². The summed E-state index contributed by atoms with van der Waals surface area (Å²) in [5.74, 6) is 1.76. The molecule has 0 aliphatic rings. The van der Waals surface area contributed by atoms with Crippen LogP contribution in [0, 0.1) is 0 Å². The molecular weight excluding hydrogens is 771 g/mol. The first-order valence-corrected chi connectivity index (χ1v) is 21.2. The summed E-state index contributed by atoms with van der Waals surface area (Å²) in [6.07, 6.45) is 0. The largest absolute Gasteiger partial charge is 0.455 e. The molecule has 294 valence electrons. The SMILES string of the molecule is c1ccc(-c2nc(-c3cccc(-n4c5ccccc5c5ccccc54)c3)nc(-c3ccc4c(c3)oc3c(-c5ccccc5)c(-n5c6ccccc6c6ccccc65)ccc34)n2)cc1. The zero-order valence-corrected chi connectivity index (χ0v) is 33.9. The summed E-state index contributed by atoms with van der Waals surface area (Å²) in [5, 5.41) is 6.93. The van der Waals surface area contributed by atoms with Crippen LogP contribution >= 0.6 is 0 Å². The molecule has 0 atom stereocenters. The van der Waals surface area contributed by atoms with Crippen LogP contribution in [0.5, 0.6) is 0 Å². The molecule has 6 nitrogen and oxygen atoms in total. The van der Waals surface area contributed by atoms with E-state index in [0.29, 0.717) is 17.5 Å². The number of fused-ring (bicyclic) bond motifs is 9. The number of furan rings is 1. The topological polar surface area (TPSA) is 61.7 Å². The molecule has 4 heterocycles. The molecule has 0 aliphatic heterocycles. The fraction of sp³-hybridized carbons (Fsp3) is 0. The number of aromatic nitrogens is 5. The molecule has 9 aromatic carbocycles. The summed E-state index contributed by atoms with van der Waals surface area (Å²) in [5.41, 5.74) is 13.0. The highest BCUT2D eigenvalue weighted by Crippen LogP contribution is 2.43. The molecule has 0 spiro atoms. The fourth-order valence-electron chi connectivity index (χ4n) is 9.56. The van der Waals surface area contributed by atoms with Gasteiger partial charge in [-0.25, -0.2) is 15.0 Å². The van der Waals surface area contributed by atoms with Crippen LogP contribution in [0.2, 0.25) is 0 Å². The van der Waals surface area contributed by atoms with E-state index in [-0.39, 0.29) is 0 Å². The first-order chi connectivity index (χ1) is 31.2. The van der Waals surface area contributed by atoms with Gasteiger partial charge in [0.2, 0.25) is 0 Å². The number of nitrogens with zero attached hydrogens (tertiary/aromatic N) is 5. The van der Waals surface area contributed by atoms with E-state index in [2.05, 4.69) is 191 Å². The normalized spacial score (nSPS) is 11.8. The fourth-order valence-corrected chi connectivity index (χ4v) is 9.56. The molecule has 0 bridgehead atoms. The van der Waals surface area contributed by atoms with E-state index in [1.165, 1.54) is 21.5 Å². The Morgan fingerprint density at radius 1 is 0.317 bits per heavy atom. The van der Waals surface area contributed by atoms with Crippen molar-refractivity contribution in [1.82, 2.24) is 24.1 Å². The maximum atomic E-state index is 7.03. The Morgan fingerprint density at radius 3 is 1.37 bits per heavy atom. The van der Waals surface area contributed by atoms with E-state index < -0.39 is 0 Å². The van der Waals surface area contributed by atoms with Crippen molar-refractivity contribution in [2.75, 3.05) is 0 Å². The minimum atomic E-state index is 0.567. The van der Waals surface area contributed by atoms with Gasteiger partial charge in [-0.3, -0.25) is 0 Å². The summed E-state index contributed by atoms with van der Waals surface area (Å²) < 4.78 is 11.7. The van der Waals surface area contributed by atoms with Crippen LogP contribution in [0.4, 0.5) is 0 Å². The molecular formula is C57H35N5O. The number of hydrogen-bond donors (Lipinski definition) is 0. The van der Waals surface area contributed by atoms with E-state index in [1.54, 1.807) is 0 Å². The lowest BCUT2D eigenvalue weighted by Crippen LogP contribution is -2.01. The Morgan fingerprint density at radius 2 is 0.778 bits per heavy atom. The molecule has 13 rings (SSSR count). The molecule has 63 heavy (non-hydrogen) atoms. The second kappa shape index (κ2) is 14.0. The summed E-state index contributed by atoms with van der Waals surface area (Å²) >= 11 is 0. The maximum absolute atomic E-state index is 7.03. The van der Waals surface area contributed by atoms with Gasteiger partial charge in [-0.2, -0.15) is 0 Å². The van der Waals surface area contributed by atoms with E-state index in [1.807, 2.05) is 30.3 Å². The molecule has 0 radical (unpaired) electrons. The summed E-state index contributed by atoms with van der Waals surface area (Å²) in [6, 6.07) is 74.3. The van der Waals surface area contributed by atoms with E-state index in [4.69, 9.17) is 19.4 Å². The highest BCUT2D eigenvalue weighted by molar-refractivity contribution is 6.15. The van der Waals surface area contributed by atoms with Crippen LogP contribution in [-0.2, 0) is 0 Å². The van der Waals surface area contributed by atoms with Gasteiger partial charge < -0.3 is 13.6 Å². The summed E-state index contributed by atoms with van der Waals surface area (Å²) in [4.78, 5) is 15.4. The summed E-state index contributed by atoms with van der Waals surface area (Å²) in [7, 11) is 0. The molecule has 6 heteroatoms. The Kier molecular flexibility index (Phi) is 7.80. The van der Waals surface area contributed by atoms with Gasteiger partial charge in [-0.1, -0.05) is 152 Å². The van der Waals surface area contributed by atoms with Gasteiger partial charge in [0.05, 0.1) is 27.8 Å². The molecule has 0 saturated heterocycles. The van der Waals surface area contributed by atoms with Crippen LogP contribution in [0.1, 0.15) is 0 Å². The average Bonchev–Trinajstić information content (AvgIpc) is 4.02. The highest BCUT2D eigenvalue weighted by atomic mass is 16.3. The molecule has 0 unspecified atom stereocenters. The van der Waals surface area contributed by atoms with Crippen molar-refractivity contribution in [2.24, 2.45) is 0 Å². The van der Waals surface area contributed by atoms with Gasteiger partial charge in [0, 0.05) is 60.3 Å². The van der Waals surface area contributed by atoms with Crippen LogP contribution in [0.15, 0.2) is 217 Å². The Balaban J connectivity index is 0.996. The summed E-state index contributed by atoms with van der Waals surface area (Å²) in [6.45, 7) is 0. The molecule has 0 aliphatic carbocycles. The monoisotopic (exact) mass is 805 g/mol. The molecule has 0 saturated carbocycles. The third-order valence-corrected chi connectivity index (χ3v) is 12.4. The van der Waals surface area contributed by atoms with Gasteiger partial charge in [0.25, 0.3) is 0 Å². The van der Waals surface area contributed by atoms with Gasteiger partial charge in [0.1, 0.15) is 11.2 Å². The number of para-hydroxylation sites is 4. The van der Waals surface area contributed by atoms with Crippen molar-refractivity contribution in [3.8, 4) is 56.7 Å². The van der Waals surface area contributed by atoms with Crippen molar-refractivity contribution in [3.05, 3.63) is 212 Å². The van der Waals surface area contributed by atoms with E-state index in [9.17, 15) is 0 Å². The van der Waals surface area contributed by atoms with Crippen LogP contribution in [-0.4, -0.2) is 24.1 Å². The lowest BCUT2D eigenvalue weighted by atomic mass is 9.99. The third-order valence-electron chi connectivity index (χ3n) is 12.4. The standard InChI is InChI=1S/C57H35N5O/c1-3-16-36(17-4-1)53-51(62-49-28-13-9-24-43(49)44-25-10-14-29-50(44)62)33-32-46-45-31-30-39(35-52(45)63-54(46)53)57-59-55(37-18-5-2-6-19-37)58-56(60-57)38-20-15-21-40(34-38)61-47-26-11-7-22-41(47)42-23-8-12-27-48(42)61/h1-35H. The molecule has 13 aromatic rings. The molecule has 0 fully saturated rings. The van der Waals surface area contributed by atoms with Crippen molar-refractivity contribution in [3.63, 3.8) is 0 Å². The van der Waals surface area contributed by atoms with Crippen LogP contribution in [0.3, 0.4) is 0 Å². The van der Waals surface area contributed by atoms with Gasteiger partial charge in [0.15, 0.2) is 17.5 Å². The maximum Gasteiger partial charge on any atom is 0.164 e. The van der Waals surface area contributed by atoms with Crippen molar-refractivity contribution in [1.29, 1.82) is 0 Å². The first-order valence-electron chi connectivity index (χ1n) is 21.2. The Bertz CT molecular complexity index is 3810. The molecule has 0 N–H and O–H groups in total. The van der Waals surface area contributed by atoms with Gasteiger partial charge >= 0.3 is 0 Å². The quantitative estimate of drug-likeness (QED) is 0.168. The van der Waals surface area contributed by atoms with Gasteiger partial charge in [-0.15, -0.1) is 0 Å². The smallest absolute Gasteiger partial charge is 0.164 e. The minimum Gasteiger partial charge on any atom is -0.455 e. The zero-order valence-electron chi connectivity index (χ0n) is 33.9. The molecule has 4 aromatic heterocycles. The van der Waals surface area contributed by atoms with Gasteiger partial charge in [-0.05, 0) is 66.2 Å². The van der Waals surface area contributed by atoms with Crippen molar-refractivity contribution in [2.45, 2.75) is 0 Å². The van der Waals surface area contributed by atoms with Crippen molar-refractivity contribution >= 4 is 65.6 Å². The predicted octanol–water partition coefficient (Wildman–Crippen LogP) is 14.6. The van der Waals surface area contributed by atoms with Crippen LogP contribution in [0.25, 0.3) is 122 Å². The highest BCUT2D eigenvalue weighted by Gasteiger charge is 2.22. The third kappa shape index (κ3) is 5.55. The Labute approximate surface area is 361 Å². The second-order valence-electron chi connectivity index (χ2n) is 16.0. The van der Waals surface area contributed by atoms with E-state index in [0.717, 1.165) is 83.2 Å². The lowest BCUT2D eigenvalue weighted by molar-refractivity contribution is 0.670. The zero-order chi connectivity index (χ0) is 41.4. The first kappa shape index (κ1) is 35.2. The number of rotatable bonds is 6. The second-order valence-corrected chi connectivity index (χ2v) is 16.0. The predicted molar refractivity (Wildman–Crippen MR) is 258 cm³/mol. The molecule has 0 amide bonds. The number of benzene rings is 9. The van der Waals surface area contributed by atoms with Crippen molar-refractivity contribution < 1.29 is 4.42 Å². The average molecular weight is 806 g/mol. The lowest BCUT2D eigenvalue weighted by Gasteiger charge is -2.14. The number of hydrogen-bond acceptors (Lipinski definition) is 4. The Hall–Kier alpha value is -8.61.